The summed E-state index contributed by atoms with van der Waals surface area (Å²) in [6, 6.07) is 0. The van der Waals surface area contributed by atoms with Crippen LogP contribution < -0.4 is 0 Å². The molecule has 6 heteroatoms. The highest BCUT2D eigenvalue weighted by Crippen LogP contribution is 2.17. The quantitative estimate of drug-likeness (QED) is 0.499. The van der Waals surface area contributed by atoms with Crippen LogP contribution in [0.1, 0.15) is 6.92 Å². The average molecular weight is 230 g/mol. The lowest BCUT2D eigenvalue weighted by Crippen LogP contribution is -2.56. The van der Waals surface area contributed by atoms with Crippen LogP contribution in [0.3, 0.4) is 0 Å². The number of quaternary nitrogens is 1. The molecule has 0 spiro atoms. The van der Waals surface area contributed by atoms with Crippen molar-refractivity contribution < 1.29 is 25.0 Å². The number of aliphatic hydroxyl groups is 1. The minimum Gasteiger partial charge on any atom is -0.870 e. The number of hydrogen-bond acceptors (Lipinski definition) is 4. The summed E-state index contributed by atoms with van der Waals surface area (Å²) in [4.78, 5) is 15.0. The summed E-state index contributed by atoms with van der Waals surface area (Å²) in [7, 11) is 0. The standard InChI is InChI=1S/C10H16N2O3.H2O/c1-3-5-12(7-9(14)15)6-4-11-10(12)8(2)13;/h3,8,13H,1,4-7H2,2H3;1H2. The summed E-state index contributed by atoms with van der Waals surface area (Å²) in [6.07, 6.45) is 0.971. The predicted octanol–water partition coefficient (Wildman–Crippen LogP) is -0.310. The minimum atomic E-state index is -0.882. The number of aliphatic carboxylic acids is 1. The van der Waals surface area contributed by atoms with Gasteiger partial charge in [-0.05, 0) is 13.0 Å². The fourth-order valence-corrected chi connectivity index (χ4v) is 2.06. The second-order valence-electron chi connectivity index (χ2n) is 3.81. The molecule has 16 heavy (non-hydrogen) atoms. The third-order valence-corrected chi connectivity index (χ3v) is 2.58. The highest BCUT2D eigenvalue weighted by molar-refractivity contribution is 5.83. The molecule has 1 aliphatic rings. The zero-order valence-electron chi connectivity index (χ0n) is 9.33. The van der Waals surface area contributed by atoms with E-state index in [0.29, 0.717) is 25.5 Å². The van der Waals surface area contributed by atoms with E-state index in [1.54, 1.807) is 13.0 Å². The number of carbonyl (C=O) groups is 1. The van der Waals surface area contributed by atoms with Crippen LogP contribution in [0.15, 0.2) is 17.6 Å². The van der Waals surface area contributed by atoms with E-state index in [1.165, 1.54) is 0 Å². The molecule has 0 radical (unpaired) electrons. The van der Waals surface area contributed by atoms with E-state index in [4.69, 9.17) is 5.11 Å². The van der Waals surface area contributed by atoms with Crippen LogP contribution in [0.4, 0.5) is 0 Å². The summed E-state index contributed by atoms with van der Waals surface area (Å²) < 4.78 is 0.205. The Hall–Kier alpha value is -1.24. The van der Waals surface area contributed by atoms with Gasteiger partial charge in [-0.2, -0.15) is 0 Å². The van der Waals surface area contributed by atoms with Gasteiger partial charge in [-0.3, -0.25) is 4.48 Å². The largest absolute Gasteiger partial charge is 0.870 e. The number of nitrogens with zero attached hydrogens (tertiary/aromatic N) is 2. The van der Waals surface area contributed by atoms with E-state index < -0.39 is 12.1 Å². The van der Waals surface area contributed by atoms with Crippen LogP contribution in [0.5, 0.6) is 0 Å². The molecule has 0 aromatic rings. The SMILES string of the molecule is C=CC[N+]1(CC(=O)O)CCN=C1C(C)O.[OH-]. The molecule has 6 nitrogen and oxygen atoms in total. The summed E-state index contributed by atoms with van der Waals surface area (Å²) >= 11 is 0. The Labute approximate surface area is 94.4 Å². The van der Waals surface area contributed by atoms with Crippen LogP contribution in [-0.2, 0) is 4.79 Å². The van der Waals surface area contributed by atoms with E-state index in [0.717, 1.165) is 0 Å². The van der Waals surface area contributed by atoms with Gasteiger partial charge in [-0.1, -0.05) is 6.58 Å². The lowest BCUT2D eigenvalue weighted by Gasteiger charge is -2.32. The summed E-state index contributed by atoms with van der Waals surface area (Å²) in [5.41, 5.74) is 0. The van der Waals surface area contributed by atoms with Crippen LogP contribution in [0.25, 0.3) is 0 Å². The number of rotatable bonds is 5. The maximum atomic E-state index is 10.8. The molecule has 0 saturated heterocycles. The fourth-order valence-electron chi connectivity index (χ4n) is 2.06. The third kappa shape index (κ3) is 2.88. The highest BCUT2D eigenvalue weighted by atomic mass is 16.4. The Balaban J connectivity index is 0.00000225. The first-order valence-corrected chi connectivity index (χ1v) is 4.93. The molecule has 0 aromatic heterocycles. The molecule has 1 heterocycles. The topological polar surface area (TPSA) is 99.9 Å². The van der Waals surface area contributed by atoms with E-state index in [9.17, 15) is 9.90 Å². The van der Waals surface area contributed by atoms with Gasteiger partial charge in [0.15, 0.2) is 6.54 Å². The number of aliphatic hydroxyl groups excluding tert-OH is 1. The Morgan fingerprint density at radius 1 is 1.75 bits per heavy atom. The fraction of sp³-hybridized carbons (Fsp3) is 0.600. The first-order chi connectivity index (χ1) is 7.02. The maximum Gasteiger partial charge on any atom is 0.359 e. The molecule has 0 fully saturated rings. The average Bonchev–Trinajstić information content (AvgIpc) is 2.47. The van der Waals surface area contributed by atoms with Crippen molar-refractivity contribution in [1.29, 1.82) is 0 Å². The smallest absolute Gasteiger partial charge is 0.359 e. The molecule has 2 atom stereocenters. The van der Waals surface area contributed by atoms with Crippen molar-refractivity contribution in [1.82, 2.24) is 0 Å². The van der Waals surface area contributed by atoms with Crippen LogP contribution >= 0.6 is 0 Å². The molecule has 0 bridgehead atoms. The maximum absolute atomic E-state index is 10.8. The van der Waals surface area contributed by atoms with Gasteiger partial charge in [0.05, 0.1) is 6.54 Å². The molecule has 1 aliphatic heterocycles. The first kappa shape index (κ1) is 14.8. The Bertz CT molecular complexity index is 301. The van der Waals surface area contributed by atoms with Crippen molar-refractivity contribution in [2.24, 2.45) is 4.99 Å². The highest BCUT2D eigenvalue weighted by Gasteiger charge is 2.41. The summed E-state index contributed by atoms with van der Waals surface area (Å²) in [5, 5.41) is 18.4. The van der Waals surface area contributed by atoms with Crippen molar-refractivity contribution in [2.45, 2.75) is 13.0 Å². The van der Waals surface area contributed by atoms with E-state index in [-0.39, 0.29) is 16.5 Å². The first-order valence-electron chi connectivity index (χ1n) is 4.93. The van der Waals surface area contributed by atoms with Gasteiger partial charge in [-0.15, -0.1) is 0 Å². The van der Waals surface area contributed by atoms with Crippen LogP contribution in [0, 0.1) is 0 Å². The van der Waals surface area contributed by atoms with Gasteiger partial charge in [-0.25, -0.2) is 9.79 Å². The Morgan fingerprint density at radius 3 is 2.81 bits per heavy atom. The molecule has 0 aromatic carbocycles. The van der Waals surface area contributed by atoms with Gasteiger partial charge >= 0.3 is 5.97 Å². The van der Waals surface area contributed by atoms with Crippen molar-refractivity contribution in [3.63, 3.8) is 0 Å². The van der Waals surface area contributed by atoms with Crippen molar-refractivity contribution in [3.05, 3.63) is 12.7 Å². The molecular weight excluding hydrogens is 212 g/mol. The molecular formula is C10H18N2O4. The summed E-state index contributed by atoms with van der Waals surface area (Å²) in [6.45, 7) is 6.88. The molecule has 0 aliphatic carbocycles. The normalized spacial score (nSPS) is 25.5. The number of aliphatic imine (C=N–C) groups is 1. The second-order valence-corrected chi connectivity index (χ2v) is 3.81. The van der Waals surface area contributed by atoms with Gasteiger partial charge in [0, 0.05) is 0 Å². The van der Waals surface area contributed by atoms with E-state index in [2.05, 4.69) is 11.6 Å². The van der Waals surface area contributed by atoms with Gasteiger partial charge in [0.2, 0.25) is 5.84 Å². The van der Waals surface area contributed by atoms with E-state index >= 15 is 0 Å². The van der Waals surface area contributed by atoms with Crippen molar-refractivity contribution >= 4 is 11.8 Å². The molecule has 3 N–H and O–H groups in total. The zero-order chi connectivity index (χ0) is 11.5. The number of amidine groups is 1. The lowest BCUT2D eigenvalue weighted by molar-refractivity contribution is -0.823. The molecule has 0 amide bonds. The number of hydrogen-bond donors (Lipinski definition) is 2. The molecule has 2 unspecified atom stereocenters. The number of carboxylic acids is 1. The Kier molecular flexibility index (Phi) is 5.29. The second kappa shape index (κ2) is 5.74. The Morgan fingerprint density at radius 2 is 2.38 bits per heavy atom. The van der Waals surface area contributed by atoms with Gasteiger partial charge in [0.1, 0.15) is 19.2 Å². The zero-order valence-corrected chi connectivity index (χ0v) is 9.33. The van der Waals surface area contributed by atoms with Gasteiger partial charge in [0.25, 0.3) is 0 Å². The molecule has 1 rings (SSSR count). The van der Waals surface area contributed by atoms with Gasteiger partial charge < -0.3 is 15.7 Å². The predicted molar refractivity (Wildman–Crippen MR) is 58.6 cm³/mol. The molecule has 0 saturated carbocycles. The van der Waals surface area contributed by atoms with E-state index in [1.807, 2.05) is 0 Å². The minimum absolute atomic E-state index is 0. The monoisotopic (exact) mass is 230 g/mol. The van der Waals surface area contributed by atoms with Crippen molar-refractivity contribution in [3.8, 4) is 0 Å². The van der Waals surface area contributed by atoms with Crippen LogP contribution in [0.2, 0.25) is 0 Å². The lowest BCUT2D eigenvalue weighted by atomic mass is 10.2. The van der Waals surface area contributed by atoms with Crippen molar-refractivity contribution in [2.75, 3.05) is 26.2 Å². The van der Waals surface area contributed by atoms with Crippen LogP contribution in [-0.4, -0.2) is 64.3 Å². The summed E-state index contributed by atoms with van der Waals surface area (Å²) in [5.74, 6) is -0.329. The number of carboxylic acid groups (broad SMARTS) is 1. The molecule has 92 valence electrons. The third-order valence-electron chi connectivity index (χ3n) is 2.58.